The molecule has 13 heavy (non-hydrogen) atoms. The molecule has 1 aromatic carbocycles. The van der Waals surface area contributed by atoms with Crippen LogP contribution < -0.4 is 5.32 Å². The molecule has 0 saturated heterocycles. The number of hydrogen-bond donors (Lipinski definition) is 2. The van der Waals surface area contributed by atoms with Gasteiger partial charge in [-0.15, -0.1) is 0 Å². The highest BCUT2D eigenvalue weighted by molar-refractivity contribution is 9.10. The van der Waals surface area contributed by atoms with Gasteiger partial charge in [-0.05, 0) is 38.1 Å². The molecule has 0 spiro atoms. The number of phenols is 1. The number of hydrogen-bond acceptors (Lipinski definition) is 2. The van der Waals surface area contributed by atoms with E-state index in [4.69, 9.17) is 0 Å². The van der Waals surface area contributed by atoms with E-state index in [-0.39, 0.29) is 0 Å². The first-order chi connectivity index (χ1) is 6.07. The summed E-state index contributed by atoms with van der Waals surface area (Å²) in [6.45, 7) is 4.60. The van der Waals surface area contributed by atoms with E-state index in [1.165, 1.54) is 0 Å². The normalized spacial score (nSPS) is 10.5. The average Bonchev–Trinajstić information content (AvgIpc) is 2.11. The molecule has 1 aromatic rings. The van der Waals surface area contributed by atoms with Gasteiger partial charge in [-0.3, -0.25) is 0 Å². The molecule has 0 aliphatic carbocycles. The van der Waals surface area contributed by atoms with Crippen LogP contribution in [0.1, 0.15) is 16.7 Å². The van der Waals surface area contributed by atoms with Crippen LogP contribution in [0.2, 0.25) is 0 Å². The van der Waals surface area contributed by atoms with Crippen LogP contribution in [0.25, 0.3) is 0 Å². The van der Waals surface area contributed by atoms with E-state index in [0.29, 0.717) is 12.3 Å². The highest BCUT2D eigenvalue weighted by atomic mass is 79.9. The molecule has 0 heterocycles. The monoisotopic (exact) mass is 243 g/mol. The van der Waals surface area contributed by atoms with Gasteiger partial charge in [0.15, 0.2) is 0 Å². The summed E-state index contributed by atoms with van der Waals surface area (Å²) in [6, 6.07) is 1.95. The predicted molar refractivity (Wildman–Crippen MR) is 58.0 cm³/mol. The maximum Gasteiger partial charge on any atom is 0.123 e. The number of halogens is 1. The van der Waals surface area contributed by atoms with E-state index >= 15 is 0 Å². The van der Waals surface area contributed by atoms with Gasteiger partial charge in [-0.2, -0.15) is 0 Å². The summed E-state index contributed by atoms with van der Waals surface area (Å²) in [5, 5.41) is 12.8. The van der Waals surface area contributed by atoms with Crippen molar-refractivity contribution >= 4 is 15.9 Å². The number of aromatic hydroxyl groups is 1. The standard InChI is InChI=1S/C10H14BrNO/c1-6-7(2)10(13)8(5-12-3)4-9(6)11/h4,12-13H,5H2,1-3H3. The highest BCUT2D eigenvalue weighted by Crippen LogP contribution is 2.30. The fourth-order valence-corrected chi connectivity index (χ4v) is 1.83. The molecule has 2 N–H and O–H groups in total. The van der Waals surface area contributed by atoms with Crippen molar-refractivity contribution in [2.75, 3.05) is 7.05 Å². The molecule has 0 saturated carbocycles. The Morgan fingerprint density at radius 1 is 1.38 bits per heavy atom. The number of rotatable bonds is 2. The highest BCUT2D eigenvalue weighted by Gasteiger charge is 2.09. The molecular formula is C10H14BrNO. The Morgan fingerprint density at radius 2 is 2.00 bits per heavy atom. The lowest BCUT2D eigenvalue weighted by molar-refractivity contribution is 0.461. The first kappa shape index (κ1) is 10.5. The maximum atomic E-state index is 9.77. The summed E-state index contributed by atoms with van der Waals surface area (Å²) < 4.78 is 1.05. The van der Waals surface area contributed by atoms with Crippen LogP contribution in [0.15, 0.2) is 10.5 Å². The van der Waals surface area contributed by atoms with Gasteiger partial charge in [0.05, 0.1) is 0 Å². The first-order valence-electron chi connectivity index (χ1n) is 4.20. The zero-order valence-electron chi connectivity index (χ0n) is 8.11. The summed E-state index contributed by atoms with van der Waals surface area (Å²) in [7, 11) is 1.86. The zero-order valence-corrected chi connectivity index (χ0v) is 9.70. The van der Waals surface area contributed by atoms with Gasteiger partial charge in [-0.25, -0.2) is 0 Å². The van der Waals surface area contributed by atoms with Crippen molar-refractivity contribution in [1.82, 2.24) is 5.32 Å². The van der Waals surface area contributed by atoms with Gasteiger partial charge in [0.2, 0.25) is 0 Å². The second-order valence-corrected chi connectivity index (χ2v) is 4.00. The fraction of sp³-hybridized carbons (Fsp3) is 0.400. The van der Waals surface area contributed by atoms with Gasteiger partial charge < -0.3 is 10.4 Å². The quantitative estimate of drug-likeness (QED) is 0.837. The van der Waals surface area contributed by atoms with Crippen molar-refractivity contribution in [3.8, 4) is 5.75 Å². The third kappa shape index (κ3) is 2.03. The number of benzene rings is 1. The molecule has 0 radical (unpaired) electrons. The molecule has 0 fully saturated rings. The summed E-state index contributed by atoms with van der Waals surface area (Å²) in [4.78, 5) is 0. The second kappa shape index (κ2) is 4.11. The molecular weight excluding hydrogens is 230 g/mol. The van der Waals surface area contributed by atoms with E-state index in [1.807, 2.05) is 27.0 Å². The average molecular weight is 244 g/mol. The Morgan fingerprint density at radius 3 is 2.54 bits per heavy atom. The van der Waals surface area contributed by atoms with Crippen molar-refractivity contribution in [1.29, 1.82) is 0 Å². The molecule has 0 aliphatic rings. The molecule has 72 valence electrons. The Kier molecular flexibility index (Phi) is 3.33. The van der Waals surface area contributed by atoms with Crippen LogP contribution in [0, 0.1) is 13.8 Å². The molecule has 1 rings (SSSR count). The molecule has 0 aromatic heterocycles. The Balaban J connectivity index is 3.24. The van der Waals surface area contributed by atoms with E-state index in [1.54, 1.807) is 0 Å². The van der Waals surface area contributed by atoms with Crippen LogP contribution in [-0.4, -0.2) is 12.2 Å². The van der Waals surface area contributed by atoms with Gasteiger partial charge in [0.25, 0.3) is 0 Å². The smallest absolute Gasteiger partial charge is 0.123 e. The molecule has 0 aliphatic heterocycles. The molecule has 0 bridgehead atoms. The Hall–Kier alpha value is -0.540. The molecule has 0 amide bonds. The minimum absolute atomic E-state index is 0.398. The third-order valence-corrected chi connectivity index (χ3v) is 3.07. The Bertz CT molecular complexity index is 323. The first-order valence-corrected chi connectivity index (χ1v) is 4.99. The van der Waals surface area contributed by atoms with Crippen LogP contribution in [0.4, 0.5) is 0 Å². The van der Waals surface area contributed by atoms with E-state index in [2.05, 4.69) is 21.2 Å². The summed E-state index contributed by atoms with van der Waals surface area (Å²) in [5.74, 6) is 0.398. The van der Waals surface area contributed by atoms with Crippen molar-refractivity contribution in [2.24, 2.45) is 0 Å². The summed E-state index contributed by atoms with van der Waals surface area (Å²) in [6.07, 6.45) is 0. The van der Waals surface area contributed by atoms with Crippen molar-refractivity contribution < 1.29 is 5.11 Å². The van der Waals surface area contributed by atoms with Crippen molar-refractivity contribution in [3.63, 3.8) is 0 Å². The molecule has 0 unspecified atom stereocenters. The van der Waals surface area contributed by atoms with E-state index < -0.39 is 0 Å². The predicted octanol–water partition coefficient (Wildman–Crippen LogP) is 2.49. The van der Waals surface area contributed by atoms with Gasteiger partial charge in [-0.1, -0.05) is 15.9 Å². The van der Waals surface area contributed by atoms with Gasteiger partial charge in [0.1, 0.15) is 5.75 Å². The van der Waals surface area contributed by atoms with Crippen LogP contribution in [-0.2, 0) is 6.54 Å². The van der Waals surface area contributed by atoms with Crippen LogP contribution in [0.5, 0.6) is 5.75 Å². The lowest BCUT2D eigenvalue weighted by Gasteiger charge is -2.11. The third-order valence-electron chi connectivity index (χ3n) is 2.25. The topological polar surface area (TPSA) is 32.3 Å². The lowest BCUT2D eigenvalue weighted by atomic mass is 10.0. The zero-order chi connectivity index (χ0) is 10.0. The van der Waals surface area contributed by atoms with Crippen molar-refractivity contribution in [2.45, 2.75) is 20.4 Å². The van der Waals surface area contributed by atoms with Crippen LogP contribution >= 0.6 is 15.9 Å². The SMILES string of the molecule is CNCc1cc(Br)c(C)c(C)c1O. The Labute approximate surface area is 87.1 Å². The number of nitrogens with one attached hydrogen (secondary N) is 1. The molecule has 2 nitrogen and oxygen atoms in total. The largest absolute Gasteiger partial charge is 0.507 e. The minimum atomic E-state index is 0.398. The van der Waals surface area contributed by atoms with Crippen LogP contribution in [0.3, 0.4) is 0 Å². The summed E-state index contributed by atoms with van der Waals surface area (Å²) in [5.41, 5.74) is 2.97. The molecule has 3 heteroatoms. The van der Waals surface area contributed by atoms with Gasteiger partial charge >= 0.3 is 0 Å². The second-order valence-electron chi connectivity index (χ2n) is 3.15. The fourth-order valence-electron chi connectivity index (χ4n) is 1.25. The maximum absolute atomic E-state index is 9.77. The molecule has 0 atom stereocenters. The van der Waals surface area contributed by atoms with E-state index in [0.717, 1.165) is 21.2 Å². The minimum Gasteiger partial charge on any atom is -0.507 e. The number of phenolic OH excluding ortho intramolecular Hbond substituents is 1. The summed E-state index contributed by atoms with van der Waals surface area (Å²) >= 11 is 3.46. The van der Waals surface area contributed by atoms with E-state index in [9.17, 15) is 5.11 Å². The van der Waals surface area contributed by atoms with Gasteiger partial charge in [0, 0.05) is 16.6 Å². The lowest BCUT2D eigenvalue weighted by Crippen LogP contribution is -2.06. The van der Waals surface area contributed by atoms with Crippen molar-refractivity contribution in [3.05, 3.63) is 27.2 Å².